The number of aryl methyl sites for hydroxylation is 1. The van der Waals surface area contributed by atoms with Crippen LogP contribution in [0.5, 0.6) is 0 Å². The molecule has 1 N–H and O–H groups in total. The number of carbonyl (C=O) groups excluding carboxylic acids is 1. The second kappa shape index (κ2) is 6.44. The maximum Gasteiger partial charge on any atom is 0.274 e. The van der Waals surface area contributed by atoms with Gasteiger partial charge in [0.15, 0.2) is 0 Å². The molecule has 0 radical (unpaired) electrons. The van der Waals surface area contributed by atoms with Crippen LogP contribution in [-0.4, -0.2) is 18.7 Å². The van der Waals surface area contributed by atoms with Crippen LogP contribution in [0.2, 0.25) is 0 Å². The molecular formula is C13H14BrFN2O. The molecule has 0 unspecified atom stereocenters. The quantitative estimate of drug-likeness (QED) is 0.853. The van der Waals surface area contributed by atoms with Crippen LogP contribution in [0.4, 0.5) is 10.1 Å². The number of rotatable bonds is 3. The number of carbonyl (C=O) groups is 1. The lowest BCUT2D eigenvalue weighted by atomic mass is 10.2. The number of amides is 1. The fourth-order valence-corrected chi connectivity index (χ4v) is 1.67. The molecule has 0 saturated carbocycles. The molecule has 5 heteroatoms. The van der Waals surface area contributed by atoms with E-state index >= 15 is 0 Å². The second-order valence-corrected chi connectivity index (χ2v) is 4.48. The Morgan fingerprint density at radius 1 is 1.50 bits per heavy atom. The van der Waals surface area contributed by atoms with Crippen molar-refractivity contribution in [2.45, 2.75) is 13.8 Å². The van der Waals surface area contributed by atoms with E-state index < -0.39 is 0 Å². The van der Waals surface area contributed by atoms with E-state index in [2.05, 4.69) is 26.2 Å². The first-order valence-electron chi connectivity index (χ1n) is 5.36. The molecule has 0 aliphatic carbocycles. The number of nitrogens with one attached hydrogen (secondary N) is 1. The Balaban J connectivity index is 2.90. The van der Waals surface area contributed by atoms with E-state index in [-0.39, 0.29) is 17.4 Å². The minimum Gasteiger partial charge on any atom is -0.321 e. The van der Waals surface area contributed by atoms with Crippen LogP contribution in [0.3, 0.4) is 0 Å². The third-order valence-electron chi connectivity index (χ3n) is 2.35. The molecule has 0 aromatic heterocycles. The first kappa shape index (κ1) is 14.6. The smallest absolute Gasteiger partial charge is 0.274 e. The summed E-state index contributed by atoms with van der Waals surface area (Å²) in [6, 6.07) is 4.54. The highest BCUT2D eigenvalue weighted by atomic mass is 79.9. The van der Waals surface area contributed by atoms with E-state index in [9.17, 15) is 9.18 Å². The molecule has 0 heterocycles. The molecule has 0 aliphatic rings. The van der Waals surface area contributed by atoms with E-state index in [1.807, 2.05) is 0 Å². The Hall–Kier alpha value is -1.49. The van der Waals surface area contributed by atoms with Gasteiger partial charge in [-0.2, -0.15) is 0 Å². The van der Waals surface area contributed by atoms with Crippen molar-refractivity contribution in [3.8, 4) is 0 Å². The molecule has 0 fully saturated rings. The van der Waals surface area contributed by atoms with Crippen LogP contribution in [0.15, 0.2) is 33.7 Å². The first-order valence-corrected chi connectivity index (χ1v) is 6.15. The maximum atomic E-state index is 13.3. The fraction of sp³-hybridized carbons (Fsp3) is 0.231. The molecule has 0 aliphatic heterocycles. The van der Waals surface area contributed by atoms with Crippen LogP contribution in [-0.2, 0) is 4.79 Å². The predicted octanol–water partition coefficient (Wildman–Crippen LogP) is 3.44. The molecule has 18 heavy (non-hydrogen) atoms. The Bertz CT molecular complexity index is 524. The average molecular weight is 313 g/mol. The summed E-state index contributed by atoms with van der Waals surface area (Å²) in [7, 11) is 1.52. The Labute approximate surface area is 114 Å². The summed E-state index contributed by atoms with van der Waals surface area (Å²) < 4.78 is 13.9. The monoisotopic (exact) mass is 312 g/mol. The molecule has 0 atom stereocenters. The van der Waals surface area contributed by atoms with Crippen molar-refractivity contribution < 1.29 is 9.18 Å². The summed E-state index contributed by atoms with van der Waals surface area (Å²) in [5.74, 6) is -0.737. The molecule has 0 saturated heterocycles. The topological polar surface area (TPSA) is 41.5 Å². The summed E-state index contributed by atoms with van der Waals surface area (Å²) in [5.41, 5.74) is 1.20. The third-order valence-corrected chi connectivity index (χ3v) is 3.18. The SMILES string of the molecule is C/C=C(/Br)C(=NC)C(=O)Nc1ccc(C)c(F)c1. The zero-order chi connectivity index (χ0) is 13.7. The standard InChI is InChI=1S/C13H14BrFN2O/c1-4-10(14)12(16-3)13(18)17-9-6-5-8(2)11(15)7-9/h4-7H,1-3H3,(H,17,18)/b10-4+,16-12?. The highest BCUT2D eigenvalue weighted by molar-refractivity contribution is 9.12. The van der Waals surface area contributed by atoms with Crippen molar-refractivity contribution in [1.29, 1.82) is 0 Å². The predicted molar refractivity (Wildman–Crippen MR) is 75.8 cm³/mol. The van der Waals surface area contributed by atoms with Gasteiger partial charge in [-0.3, -0.25) is 9.79 Å². The fourth-order valence-electron chi connectivity index (χ4n) is 1.31. The van der Waals surface area contributed by atoms with Crippen LogP contribution in [0.25, 0.3) is 0 Å². The van der Waals surface area contributed by atoms with Gasteiger partial charge in [0.2, 0.25) is 0 Å². The van der Waals surface area contributed by atoms with Crippen molar-refractivity contribution in [3.05, 3.63) is 40.1 Å². The summed E-state index contributed by atoms with van der Waals surface area (Å²) in [6.07, 6.45) is 1.72. The number of hydrogen-bond acceptors (Lipinski definition) is 2. The second-order valence-electron chi connectivity index (χ2n) is 3.63. The van der Waals surface area contributed by atoms with Gasteiger partial charge in [0.25, 0.3) is 5.91 Å². The van der Waals surface area contributed by atoms with Gasteiger partial charge in [-0.1, -0.05) is 12.1 Å². The van der Waals surface area contributed by atoms with Gasteiger partial charge in [-0.15, -0.1) is 0 Å². The molecule has 0 spiro atoms. The number of nitrogens with zero attached hydrogens (tertiary/aromatic N) is 1. The number of hydrogen-bond donors (Lipinski definition) is 1. The molecule has 96 valence electrons. The molecule has 1 aromatic carbocycles. The number of benzene rings is 1. The van der Waals surface area contributed by atoms with Gasteiger partial charge in [0.1, 0.15) is 11.5 Å². The van der Waals surface area contributed by atoms with Gasteiger partial charge >= 0.3 is 0 Å². The molecular weight excluding hydrogens is 299 g/mol. The molecule has 3 nitrogen and oxygen atoms in total. The number of aliphatic imine (C=N–C) groups is 1. The van der Waals surface area contributed by atoms with Gasteiger partial charge in [-0.05, 0) is 47.5 Å². The van der Waals surface area contributed by atoms with Crippen LogP contribution in [0.1, 0.15) is 12.5 Å². The maximum absolute atomic E-state index is 13.3. The van der Waals surface area contributed by atoms with Crippen molar-refractivity contribution in [2.24, 2.45) is 4.99 Å². The summed E-state index contributed by atoms with van der Waals surface area (Å²) >= 11 is 3.24. The Morgan fingerprint density at radius 3 is 2.67 bits per heavy atom. The normalized spacial score (nSPS) is 12.5. The summed E-state index contributed by atoms with van der Waals surface area (Å²) in [5, 5.41) is 2.60. The van der Waals surface area contributed by atoms with Crippen molar-refractivity contribution in [3.63, 3.8) is 0 Å². The van der Waals surface area contributed by atoms with Crippen molar-refractivity contribution in [1.82, 2.24) is 0 Å². The van der Waals surface area contributed by atoms with Gasteiger partial charge in [0, 0.05) is 17.2 Å². The Kier molecular flexibility index (Phi) is 5.22. The molecule has 1 rings (SSSR count). The summed E-state index contributed by atoms with van der Waals surface area (Å²) in [4.78, 5) is 15.8. The molecule has 1 aromatic rings. The largest absolute Gasteiger partial charge is 0.321 e. The molecule has 0 bridgehead atoms. The zero-order valence-electron chi connectivity index (χ0n) is 10.4. The lowest BCUT2D eigenvalue weighted by molar-refractivity contribution is -0.110. The van der Waals surface area contributed by atoms with Gasteiger partial charge in [0.05, 0.1) is 0 Å². The third kappa shape index (κ3) is 3.50. The molecule has 1 amide bonds. The minimum atomic E-state index is -0.384. The Morgan fingerprint density at radius 2 is 2.17 bits per heavy atom. The van der Waals surface area contributed by atoms with Gasteiger partial charge < -0.3 is 5.32 Å². The average Bonchev–Trinajstić information content (AvgIpc) is 2.34. The van der Waals surface area contributed by atoms with Crippen LogP contribution < -0.4 is 5.32 Å². The van der Waals surface area contributed by atoms with Gasteiger partial charge in [-0.25, -0.2) is 4.39 Å². The number of allylic oxidation sites excluding steroid dienone is 1. The van der Waals surface area contributed by atoms with Crippen molar-refractivity contribution in [2.75, 3.05) is 12.4 Å². The van der Waals surface area contributed by atoms with E-state index in [1.165, 1.54) is 13.1 Å². The lowest BCUT2D eigenvalue weighted by Crippen LogP contribution is -2.23. The zero-order valence-corrected chi connectivity index (χ0v) is 12.0. The minimum absolute atomic E-state index is 0.262. The van der Waals surface area contributed by atoms with Crippen LogP contribution >= 0.6 is 15.9 Å². The van der Waals surface area contributed by atoms with E-state index in [0.29, 0.717) is 15.7 Å². The lowest BCUT2D eigenvalue weighted by Gasteiger charge is -2.07. The summed E-state index contributed by atoms with van der Waals surface area (Å²) in [6.45, 7) is 3.45. The number of anilines is 1. The van der Waals surface area contributed by atoms with Crippen LogP contribution in [0, 0.1) is 12.7 Å². The highest BCUT2D eigenvalue weighted by Gasteiger charge is 2.13. The number of halogens is 2. The highest BCUT2D eigenvalue weighted by Crippen LogP contribution is 2.15. The van der Waals surface area contributed by atoms with E-state index in [0.717, 1.165) is 0 Å². The van der Waals surface area contributed by atoms with E-state index in [4.69, 9.17) is 0 Å². The van der Waals surface area contributed by atoms with Crippen molar-refractivity contribution >= 4 is 33.2 Å². The first-order chi connectivity index (χ1) is 8.49. The van der Waals surface area contributed by atoms with E-state index in [1.54, 1.807) is 32.1 Å².